The van der Waals surface area contributed by atoms with E-state index in [0.29, 0.717) is 18.1 Å². The number of carbonyl (C=O) groups is 1. The minimum absolute atomic E-state index is 0.0540. The molecule has 6 heteroatoms. The van der Waals surface area contributed by atoms with E-state index in [4.69, 9.17) is 14.4 Å². The van der Waals surface area contributed by atoms with Crippen molar-refractivity contribution >= 4 is 5.97 Å². The van der Waals surface area contributed by atoms with Crippen molar-refractivity contribution in [2.75, 3.05) is 7.11 Å². The number of nitrogens with zero attached hydrogens (tertiary/aromatic N) is 2. The quantitative estimate of drug-likeness (QED) is 0.837. The first-order chi connectivity index (χ1) is 8.16. The highest BCUT2D eigenvalue weighted by atomic mass is 16.5. The van der Waals surface area contributed by atoms with Crippen LogP contribution in [0.5, 0.6) is 0 Å². The Labute approximate surface area is 106 Å². The molecule has 0 saturated heterocycles. The van der Waals surface area contributed by atoms with Crippen LogP contribution in [0.4, 0.5) is 0 Å². The van der Waals surface area contributed by atoms with E-state index in [1.807, 2.05) is 27.7 Å². The minimum atomic E-state index is -0.836. The Bertz CT molecular complexity index is 423. The molecule has 0 aromatic carbocycles. The summed E-state index contributed by atoms with van der Waals surface area (Å²) in [6.45, 7) is 7.38. The molecule has 0 amide bonds. The van der Waals surface area contributed by atoms with Crippen molar-refractivity contribution in [3.8, 4) is 0 Å². The van der Waals surface area contributed by atoms with Crippen LogP contribution >= 0.6 is 0 Å². The molecule has 0 bridgehead atoms. The van der Waals surface area contributed by atoms with Crippen LogP contribution in [0.25, 0.3) is 0 Å². The van der Waals surface area contributed by atoms with E-state index in [1.54, 1.807) is 7.11 Å². The summed E-state index contributed by atoms with van der Waals surface area (Å²) < 4.78 is 10.4. The minimum Gasteiger partial charge on any atom is -0.481 e. The summed E-state index contributed by atoms with van der Waals surface area (Å²) in [6, 6.07) is 0. The second-order valence-electron chi connectivity index (χ2n) is 5.64. The van der Waals surface area contributed by atoms with Crippen LogP contribution in [0.3, 0.4) is 0 Å². The van der Waals surface area contributed by atoms with Crippen molar-refractivity contribution in [2.24, 2.45) is 5.41 Å². The van der Waals surface area contributed by atoms with Gasteiger partial charge in [-0.3, -0.25) is 4.79 Å². The van der Waals surface area contributed by atoms with Gasteiger partial charge in [0.05, 0.1) is 6.42 Å². The van der Waals surface area contributed by atoms with E-state index in [-0.39, 0.29) is 6.42 Å². The maximum absolute atomic E-state index is 10.7. The summed E-state index contributed by atoms with van der Waals surface area (Å²) in [7, 11) is 1.57. The molecule has 0 aliphatic rings. The lowest BCUT2D eigenvalue weighted by Gasteiger charge is -2.19. The van der Waals surface area contributed by atoms with Gasteiger partial charge in [0.2, 0.25) is 11.7 Å². The highest BCUT2D eigenvalue weighted by Gasteiger charge is 2.29. The molecule has 0 atom stereocenters. The molecule has 6 nitrogen and oxygen atoms in total. The molecule has 0 aliphatic carbocycles. The predicted octanol–water partition coefficient (Wildman–Crippen LogP) is 1.99. The van der Waals surface area contributed by atoms with Crippen LogP contribution in [0.1, 0.15) is 45.8 Å². The highest BCUT2D eigenvalue weighted by Crippen LogP contribution is 2.27. The van der Waals surface area contributed by atoms with E-state index in [0.717, 1.165) is 0 Å². The van der Waals surface area contributed by atoms with Gasteiger partial charge < -0.3 is 14.4 Å². The zero-order valence-electron chi connectivity index (χ0n) is 11.5. The molecule has 1 aromatic rings. The van der Waals surface area contributed by atoms with Crippen LogP contribution in [-0.4, -0.2) is 28.3 Å². The van der Waals surface area contributed by atoms with Crippen molar-refractivity contribution in [2.45, 2.75) is 46.1 Å². The summed E-state index contributed by atoms with van der Waals surface area (Å²) >= 11 is 0. The molecular formula is C12H20N2O4. The zero-order chi connectivity index (χ0) is 14.0. The number of aromatic nitrogens is 2. The van der Waals surface area contributed by atoms with Gasteiger partial charge >= 0.3 is 5.97 Å². The lowest BCUT2D eigenvalue weighted by Crippen LogP contribution is -2.22. The van der Waals surface area contributed by atoms with Gasteiger partial charge in [-0.15, -0.1) is 0 Å². The molecule has 102 valence electrons. The fourth-order valence-electron chi connectivity index (χ4n) is 1.54. The Morgan fingerprint density at radius 2 is 2.00 bits per heavy atom. The van der Waals surface area contributed by atoms with Crippen molar-refractivity contribution in [1.82, 2.24) is 10.1 Å². The van der Waals surface area contributed by atoms with Gasteiger partial charge in [-0.05, 0) is 19.3 Å². The van der Waals surface area contributed by atoms with Crippen LogP contribution in [0.15, 0.2) is 4.52 Å². The van der Waals surface area contributed by atoms with Gasteiger partial charge in [0.1, 0.15) is 5.60 Å². The summed E-state index contributed by atoms with van der Waals surface area (Å²) in [5.74, 6) is 0.0597. The molecule has 0 saturated carbocycles. The zero-order valence-corrected chi connectivity index (χ0v) is 11.5. The van der Waals surface area contributed by atoms with Gasteiger partial charge in [0, 0.05) is 13.5 Å². The number of hydrogen-bond acceptors (Lipinski definition) is 5. The van der Waals surface area contributed by atoms with Crippen LogP contribution < -0.4 is 0 Å². The Morgan fingerprint density at radius 1 is 1.39 bits per heavy atom. The second kappa shape index (κ2) is 5.06. The van der Waals surface area contributed by atoms with Gasteiger partial charge in [-0.1, -0.05) is 19.0 Å². The summed E-state index contributed by atoms with van der Waals surface area (Å²) in [4.78, 5) is 15.0. The fraction of sp³-hybridized carbons (Fsp3) is 0.750. The molecule has 1 aromatic heterocycles. The van der Waals surface area contributed by atoms with E-state index in [1.165, 1.54) is 0 Å². The number of methoxy groups -OCH3 is 1. The topological polar surface area (TPSA) is 85.5 Å². The first-order valence-electron chi connectivity index (χ1n) is 5.76. The average molecular weight is 256 g/mol. The third-order valence-electron chi connectivity index (χ3n) is 2.78. The van der Waals surface area contributed by atoms with Gasteiger partial charge in [0.25, 0.3) is 0 Å². The molecular weight excluding hydrogens is 236 g/mol. The van der Waals surface area contributed by atoms with Crippen molar-refractivity contribution in [3.63, 3.8) is 0 Å². The Morgan fingerprint density at radius 3 is 2.50 bits per heavy atom. The number of aliphatic carboxylic acids is 1. The normalized spacial score (nSPS) is 12.7. The smallest absolute Gasteiger partial charge is 0.303 e. The third-order valence-corrected chi connectivity index (χ3v) is 2.78. The van der Waals surface area contributed by atoms with Gasteiger partial charge in [-0.2, -0.15) is 4.98 Å². The van der Waals surface area contributed by atoms with E-state index >= 15 is 0 Å². The fourth-order valence-corrected chi connectivity index (χ4v) is 1.54. The summed E-state index contributed by atoms with van der Waals surface area (Å²) in [5.41, 5.74) is -1.04. The van der Waals surface area contributed by atoms with Crippen molar-refractivity contribution in [1.29, 1.82) is 0 Å². The number of ether oxygens (including phenoxy) is 1. The van der Waals surface area contributed by atoms with Gasteiger partial charge in [0.15, 0.2) is 0 Å². The van der Waals surface area contributed by atoms with Crippen LogP contribution in [0, 0.1) is 5.41 Å². The molecule has 0 radical (unpaired) electrons. The molecule has 0 unspecified atom stereocenters. The predicted molar refractivity (Wildman–Crippen MR) is 64.1 cm³/mol. The lowest BCUT2D eigenvalue weighted by molar-refractivity contribution is -0.139. The Balaban J connectivity index is 2.78. The second-order valence-corrected chi connectivity index (χ2v) is 5.64. The van der Waals surface area contributed by atoms with Crippen molar-refractivity contribution in [3.05, 3.63) is 11.7 Å². The van der Waals surface area contributed by atoms with E-state index in [9.17, 15) is 4.79 Å². The molecule has 0 spiro atoms. The number of carboxylic acid groups (broad SMARTS) is 1. The first-order valence-corrected chi connectivity index (χ1v) is 5.76. The standard InChI is InChI=1S/C12H20N2O4/c1-11(2,7-9(15)16)6-8-13-10(14-18-8)12(3,4)17-5/h6-7H2,1-5H3,(H,15,16). The van der Waals surface area contributed by atoms with E-state index < -0.39 is 17.0 Å². The molecule has 1 N–H and O–H groups in total. The molecule has 0 aliphatic heterocycles. The largest absolute Gasteiger partial charge is 0.481 e. The number of carboxylic acids is 1. The summed E-state index contributed by atoms with van der Waals surface area (Å²) in [6.07, 6.45) is 0.477. The monoisotopic (exact) mass is 256 g/mol. The van der Waals surface area contributed by atoms with Gasteiger partial charge in [-0.25, -0.2) is 0 Å². The first kappa shape index (κ1) is 14.6. The number of hydrogen-bond donors (Lipinski definition) is 1. The lowest BCUT2D eigenvalue weighted by atomic mass is 9.86. The molecule has 1 rings (SSSR count). The maximum atomic E-state index is 10.7. The Kier molecular flexibility index (Phi) is 4.11. The van der Waals surface area contributed by atoms with Crippen LogP contribution in [0.2, 0.25) is 0 Å². The molecule has 1 heterocycles. The Hall–Kier alpha value is -1.43. The maximum Gasteiger partial charge on any atom is 0.303 e. The molecule has 0 fully saturated rings. The van der Waals surface area contributed by atoms with E-state index in [2.05, 4.69) is 10.1 Å². The highest BCUT2D eigenvalue weighted by molar-refractivity contribution is 5.67. The third kappa shape index (κ3) is 3.80. The van der Waals surface area contributed by atoms with Crippen LogP contribution in [-0.2, 0) is 21.6 Å². The van der Waals surface area contributed by atoms with Crippen molar-refractivity contribution < 1.29 is 19.2 Å². The molecule has 18 heavy (non-hydrogen) atoms. The number of rotatable bonds is 6. The SMILES string of the molecule is COC(C)(C)c1noc(CC(C)(C)CC(=O)O)n1. The average Bonchev–Trinajstić information content (AvgIpc) is 2.63. The summed E-state index contributed by atoms with van der Waals surface area (Å²) in [5, 5.41) is 12.7.